The van der Waals surface area contributed by atoms with Crippen molar-refractivity contribution in [2.45, 2.75) is 25.7 Å². The molecule has 1 aromatic carbocycles. The van der Waals surface area contributed by atoms with Crippen LogP contribution in [0.1, 0.15) is 44.0 Å². The first kappa shape index (κ1) is 19.9. The Morgan fingerprint density at radius 3 is 2.36 bits per heavy atom. The SMILES string of the molecule is COC(=O)c1ccc(NCC(=O)Nc2sc3c(c2C(=O)OC)CCCC3)cc1. The number of carbonyl (C=O) groups is 3. The number of ether oxygens (including phenoxy) is 2. The van der Waals surface area contributed by atoms with Gasteiger partial charge in [-0.3, -0.25) is 4.79 Å². The molecule has 0 bridgehead atoms. The Morgan fingerprint density at radius 1 is 1.00 bits per heavy atom. The largest absolute Gasteiger partial charge is 0.465 e. The first-order valence-corrected chi connectivity index (χ1v) is 9.80. The summed E-state index contributed by atoms with van der Waals surface area (Å²) in [5.74, 6) is -1.09. The Hall–Kier alpha value is -2.87. The van der Waals surface area contributed by atoms with Crippen molar-refractivity contribution in [2.75, 3.05) is 31.4 Å². The molecule has 1 heterocycles. The Morgan fingerprint density at radius 2 is 1.68 bits per heavy atom. The summed E-state index contributed by atoms with van der Waals surface area (Å²) in [6.45, 7) is 0.0285. The number of anilines is 2. The lowest BCUT2D eigenvalue weighted by molar-refractivity contribution is -0.114. The first-order chi connectivity index (χ1) is 13.5. The Labute approximate surface area is 167 Å². The third-order valence-corrected chi connectivity index (χ3v) is 5.78. The molecule has 0 saturated carbocycles. The van der Waals surface area contributed by atoms with Gasteiger partial charge < -0.3 is 20.1 Å². The Balaban J connectivity index is 1.66. The van der Waals surface area contributed by atoms with Crippen LogP contribution in [0.4, 0.5) is 10.7 Å². The molecule has 2 aromatic rings. The molecule has 0 atom stereocenters. The highest BCUT2D eigenvalue weighted by Crippen LogP contribution is 2.38. The summed E-state index contributed by atoms with van der Waals surface area (Å²) >= 11 is 1.45. The van der Waals surface area contributed by atoms with Crippen molar-refractivity contribution in [1.82, 2.24) is 0 Å². The van der Waals surface area contributed by atoms with Crippen LogP contribution in [-0.4, -0.2) is 38.6 Å². The number of methoxy groups -OCH3 is 2. The summed E-state index contributed by atoms with van der Waals surface area (Å²) in [5, 5.41) is 6.38. The molecular formula is C20H22N2O5S. The van der Waals surface area contributed by atoms with Gasteiger partial charge in [-0.2, -0.15) is 0 Å². The number of hydrogen-bond donors (Lipinski definition) is 2. The molecule has 148 valence electrons. The standard InChI is InChI=1S/C20H22N2O5S/c1-26-19(24)12-7-9-13(10-8-12)21-11-16(23)22-18-17(20(25)27-2)14-5-3-4-6-15(14)28-18/h7-10,21H,3-6,11H2,1-2H3,(H,22,23). The van der Waals surface area contributed by atoms with E-state index in [0.717, 1.165) is 36.1 Å². The predicted octanol–water partition coefficient (Wildman–Crippen LogP) is 3.25. The van der Waals surface area contributed by atoms with Crippen LogP contribution in [0.2, 0.25) is 0 Å². The number of nitrogens with one attached hydrogen (secondary N) is 2. The molecule has 1 aliphatic rings. The van der Waals surface area contributed by atoms with E-state index in [9.17, 15) is 14.4 Å². The van der Waals surface area contributed by atoms with Gasteiger partial charge in [-0.05, 0) is 55.5 Å². The summed E-state index contributed by atoms with van der Waals surface area (Å²) in [6, 6.07) is 6.63. The highest BCUT2D eigenvalue weighted by Gasteiger charge is 2.26. The van der Waals surface area contributed by atoms with Crippen LogP contribution in [0.3, 0.4) is 0 Å². The van der Waals surface area contributed by atoms with Gasteiger partial charge in [-0.25, -0.2) is 9.59 Å². The molecule has 0 unspecified atom stereocenters. The van der Waals surface area contributed by atoms with E-state index in [1.54, 1.807) is 24.3 Å². The molecule has 7 nitrogen and oxygen atoms in total. The topological polar surface area (TPSA) is 93.7 Å². The van der Waals surface area contributed by atoms with Crippen molar-refractivity contribution < 1.29 is 23.9 Å². The zero-order valence-electron chi connectivity index (χ0n) is 15.8. The molecule has 1 aromatic heterocycles. The first-order valence-electron chi connectivity index (χ1n) is 8.98. The van der Waals surface area contributed by atoms with E-state index in [0.29, 0.717) is 21.8 Å². The molecule has 28 heavy (non-hydrogen) atoms. The lowest BCUT2D eigenvalue weighted by Gasteiger charge is -2.12. The number of aryl methyl sites for hydroxylation is 1. The van der Waals surface area contributed by atoms with Crippen LogP contribution in [-0.2, 0) is 27.1 Å². The van der Waals surface area contributed by atoms with Gasteiger partial charge in [0, 0.05) is 10.6 Å². The van der Waals surface area contributed by atoms with Gasteiger partial charge in [-0.1, -0.05) is 0 Å². The maximum atomic E-state index is 12.4. The van der Waals surface area contributed by atoms with E-state index < -0.39 is 11.9 Å². The molecule has 1 amide bonds. The van der Waals surface area contributed by atoms with E-state index in [2.05, 4.69) is 15.4 Å². The smallest absolute Gasteiger partial charge is 0.341 e. The second-order valence-electron chi connectivity index (χ2n) is 6.38. The van der Waals surface area contributed by atoms with E-state index in [1.165, 1.54) is 25.6 Å². The molecule has 2 N–H and O–H groups in total. The van der Waals surface area contributed by atoms with Gasteiger partial charge in [0.2, 0.25) is 5.91 Å². The second-order valence-corrected chi connectivity index (χ2v) is 7.48. The van der Waals surface area contributed by atoms with Crippen molar-refractivity contribution in [3.63, 3.8) is 0 Å². The van der Waals surface area contributed by atoms with Crippen LogP contribution in [0, 0.1) is 0 Å². The minimum atomic E-state index is -0.416. The summed E-state index contributed by atoms with van der Waals surface area (Å²) < 4.78 is 9.57. The van der Waals surface area contributed by atoms with Crippen LogP contribution in [0.5, 0.6) is 0 Å². The fraction of sp³-hybridized carbons (Fsp3) is 0.350. The van der Waals surface area contributed by atoms with Gasteiger partial charge in [0.15, 0.2) is 0 Å². The summed E-state index contributed by atoms with van der Waals surface area (Å²) in [7, 11) is 2.67. The molecule has 0 saturated heterocycles. The van der Waals surface area contributed by atoms with Crippen LogP contribution >= 0.6 is 11.3 Å². The van der Waals surface area contributed by atoms with Gasteiger partial charge in [0.25, 0.3) is 0 Å². The lowest BCUT2D eigenvalue weighted by Crippen LogP contribution is -2.22. The minimum absolute atomic E-state index is 0.0285. The zero-order chi connectivity index (χ0) is 20.1. The van der Waals surface area contributed by atoms with Crippen LogP contribution in [0.15, 0.2) is 24.3 Å². The molecule has 1 aliphatic carbocycles. The maximum absolute atomic E-state index is 12.4. The highest BCUT2D eigenvalue weighted by atomic mass is 32.1. The molecule has 0 radical (unpaired) electrons. The van der Waals surface area contributed by atoms with Gasteiger partial charge in [0.05, 0.1) is 31.9 Å². The third-order valence-electron chi connectivity index (χ3n) is 4.57. The number of benzene rings is 1. The normalized spacial score (nSPS) is 12.6. The number of amides is 1. The van der Waals surface area contributed by atoms with E-state index in [1.807, 2.05) is 0 Å². The fourth-order valence-electron chi connectivity index (χ4n) is 3.17. The highest BCUT2D eigenvalue weighted by molar-refractivity contribution is 7.17. The molecule has 0 fully saturated rings. The van der Waals surface area contributed by atoms with E-state index >= 15 is 0 Å². The monoisotopic (exact) mass is 402 g/mol. The fourth-order valence-corrected chi connectivity index (χ4v) is 4.46. The predicted molar refractivity (Wildman–Crippen MR) is 107 cm³/mol. The van der Waals surface area contributed by atoms with E-state index in [4.69, 9.17) is 4.74 Å². The number of esters is 2. The number of fused-ring (bicyclic) bond motifs is 1. The van der Waals surface area contributed by atoms with Crippen LogP contribution < -0.4 is 10.6 Å². The quantitative estimate of drug-likeness (QED) is 0.721. The average Bonchev–Trinajstić information content (AvgIpc) is 3.09. The number of thiophene rings is 1. The van der Waals surface area contributed by atoms with Gasteiger partial charge >= 0.3 is 11.9 Å². The lowest BCUT2D eigenvalue weighted by atomic mass is 9.95. The summed E-state index contributed by atoms with van der Waals surface area (Å²) in [4.78, 5) is 37.2. The molecule has 0 aliphatic heterocycles. The summed E-state index contributed by atoms with van der Waals surface area (Å²) in [5.41, 5.74) is 2.62. The van der Waals surface area contributed by atoms with Crippen molar-refractivity contribution in [2.24, 2.45) is 0 Å². The Bertz CT molecular complexity index is 889. The zero-order valence-corrected chi connectivity index (χ0v) is 16.6. The van der Waals surface area contributed by atoms with Crippen molar-refractivity contribution in [3.8, 4) is 0 Å². The second kappa shape index (κ2) is 8.88. The Kier molecular flexibility index (Phi) is 6.30. The molecular weight excluding hydrogens is 380 g/mol. The third kappa shape index (κ3) is 4.33. The molecule has 3 rings (SSSR count). The maximum Gasteiger partial charge on any atom is 0.341 e. The van der Waals surface area contributed by atoms with Crippen molar-refractivity contribution in [1.29, 1.82) is 0 Å². The van der Waals surface area contributed by atoms with Crippen molar-refractivity contribution in [3.05, 3.63) is 45.8 Å². The summed E-state index contributed by atoms with van der Waals surface area (Å²) in [6.07, 6.45) is 3.87. The van der Waals surface area contributed by atoms with Gasteiger partial charge in [-0.15, -0.1) is 11.3 Å². The van der Waals surface area contributed by atoms with E-state index in [-0.39, 0.29) is 12.5 Å². The number of rotatable bonds is 6. The average molecular weight is 402 g/mol. The number of hydrogen-bond acceptors (Lipinski definition) is 7. The number of carbonyl (C=O) groups excluding carboxylic acids is 3. The van der Waals surface area contributed by atoms with Crippen LogP contribution in [0.25, 0.3) is 0 Å². The molecule has 0 spiro atoms. The minimum Gasteiger partial charge on any atom is -0.465 e. The van der Waals surface area contributed by atoms with Crippen molar-refractivity contribution >= 4 is 39.9 Å². The molecule has 8 heteroatoms. The van der Waals surface area contributed by atoms with Gasteiger partial charge in [0.1, 0.15) is 5.00 Å².